The summed E-state index contributed by atoms with van der Waals surface area (Å²) in [6.45, 7) is 3.23. The fourth-order valence-electron chi connectivity index (χ4n) is 2.09. The number of fused-ring (bicyclic) bond motifs is 1. The minimum absolute atomic E-state index is 0.299. The van der Waals surface area contributed by atoms with E-state index in [0.717, 1.165) is 10.8 Å². The van der Waals surface area contributed by atoms with E-state index in [2.05, 4.69) is 4.74 Å². The van der Waals surface area contributed by atoms with Gasteiger partial charge in [0.05, 0.1) is 5.41 Å². The van der Waals surface area contributed by atoms with Gasteiger partial charge in [0.15, 0.2) is 13.2 Å². The summed E-state index contributed by atoms with van der Waals surface area (Å²) in [5, 5.41) is 1.52. The summed E-state index contributed by atoms with van der Waals surface area (Å²) in [5.41, 5.74) is -0.590. The molecule has 0 fully saturated rings. The highest BCUT2D eigenvalue weighted by molar-refractivity contribution is 5.86. The first kappa shape index (κ1) is 21.5. The molecule has 0 saturated carbocycles. The normalized spacial score (nSPS) is 11.9. The molecule has 0 spiro atoms. The van der Waals surface area contributed by atoms with Crippen molar-refractivity contribution in [1.29, 1.82) is 0 Å². The van der Waals surface area contributed by atoms with E-state index in [4.69, 9.17) is 9.47 Å². The number of alkyl halides is 3. The molecule has 8 heteroatoms. The number of carbonyl (C=O) groups is 2. The number of esters is 2. The molecule has 0 heterocycles. The van der Waals surface area contributed by atoms with Crippen molar-refractivity contribution in [2.24, 2.45) is 5.41 Å². The zero-order valence-electron chi connectivity index (χ0n) is 15.8. The van der Waals surface area contributed by atoms with Gasteiger partial charge in [0.1, 0.15) is 11.5 Å². The van der Waals surface area contributed by atoms with Gasteiger partial charge in [-0.15, -0.1) is 0 Å². The van der Waals surface area contributed by atoms with Gasteiger partial charge in [-0.3, -0.25) is 4.79 Å². The Morgan fingerprint density at radius 1 is 0.964 bits per heavy atom. The number of halogens is 3. The summed E-state index contributed by atoms with van der Waals surface area (Å²) in [6.07, 6.45) is -3.93. The highest BCUT2D eigenvalue weighted by Gasteiger charge is 2.29. The summed E-state index contributed by atoms with van der Waals surface area (Å²) >= 11 is 0. The van der Waals surface area contributed by atoms with Crippen LogP contribution in [-0.4, -0.2) is 31.3 Å². The third kappa shape index (κ3) is 6.14. The van der Waals surface area contributed by atoms with Crippen LogP contribution in [0.3, 0.4) is 0 Å². The van der Waals surface area contributed by atoms with Gasteiger partial charge >= 0.3 is 18.1 Å². The third-order valence-corrected chi connectivity index (χ3v) is 4.18. The predicted octanol–water partition coefficient (Wildman–Crippen LogP) is 4.67. The highest BCUT2D eigenvalue weighted by atomic mass is 19.4. The third-order valence-electron chi connectivity index (χ3n) is 4.18. The van der Waals surface area contributed by atoms with Gasteiger partial charge < -0.3 is 14.2 Å². The van der Waals surface area contributed by atoms with Crippen LogP contribution in [0.4, 0.5) is 13.2 Å². The molecule has 0 N–H and O–H groups in total. The van der Waals surface area contributed by atoms with Crippen LogP contribution in [0.25, 0.3) is 10.8 Å². The Morgan fingerprint density at radius 3 is 2.11 bits per heavy atom. The zero-order valence-corrected chi connectivity index (χ0v) is 15.8. The monoisotopic (exact) mass is 398 g/mol. The van der Waals surface area contributed by atoms with Gasteiger partial charge in [-0.25, -0.2) is 4.79 Å². The maximum atomic E-state index is 12.2. The maximum absolute atomic E-state index is 12.2. The SMILES string of the molecule is CCC(C)(C)C(=O)Oc1ccc2cc(OCC(=O)OCC(F)(F)F)ccc2c1. The van der Waals surface area contributed by atoms with Crippen molar-refractivity contribution in [3.05, 3.63) is 36.4 Å². The Balaban J connectivity index is 2.01. The average Bonchev–Trinajstić information content (AvgIpc) is 2.63. The molecule has 0 aliphatic heterocycles. The minimum atomic E-state index is -4.58. The molecule has 152 valence electrons. The molecule has 0 bridgehead atoms. The van der Waals surface area contributed by atoms with Gasteiger partial charge in [-0.05, 0) is 55.3 Å². The Hall–Kier alpha value is -2.77. The number of hydrogen-bond donors (Lipinski definition) is 0. The largest absolute Gasteiger partial charge is 0.482 e. The lowest BCUT2D eigenvalue weighted by Crippen LogP contribution is -2.28. The molecule has 2 aromatic rings. The van der Waals surface area contributed by atoms with E-state index in [1.807, 2.05) is 6.92 Å². The summed E-state index contributed by atoms with van der Waals surface area (Å²) in [7, 11) is 0. The second-order valence-electron chi connectivity index (χ2n) is 6.86. The van der Waals surface area contributed by atoms with Crippen LogP contribution in [-0.2, 0) is 14.3 Å². The van der Waals surface area contributed by atoms with Gasteiger partial charge in [0.25, 0.3) is 0 Å². The molecule has 0 aliphatic rings. The van der Waals surface area contributed by atoms with Crippen molar-refractivity contribution in [1.82, 2.24) is 0 Å². The Labute approximate surface area is 160 Å². The number of benzene rings is 2. The number of hydrogen-bond acceptors (Lipinski definition) is 5. The van der Waals surface area contributed by atoms with Gasteiger partial charge in [-0.2, -0.15) is 13.2 Å². The first-order chi connectivity index (χ1) is 13.0. The molecule has 0 radical (unpaired) electrons. The molecule has 0 saturated heterocycles. The Morgan fingerprint density at radius 2 is 1.54 bits per heavy atom. The summed E-state index contributed by atoms with van der Waals surface area (Å²) < 4.78 is 50.7. The minimum Gasteiger partial charge on any atom is -0.482 e. The molecule has 0 atom stereocenters. The molecule has 0 aliphatic carbocycles. The number of rotatable bonds is 7. The van der Waals surface area contributed by atoms with E-state index in [1.54, 1.807) is 50.2 Å². The highest BCUT2D eigenvalue weighted by Crippen LogP contribution is 2.28. The van der Waals surface area contributed by atoms with E-state index in [9.17, 15) is 22.8 Å². The predicted molar refractivity (Wildman–Crippen MR) is 96.2 cm³/mol. The molecule has 5 nitrogen and oxygen atoms in total. The Bertz CT molecular complexity index is 859. The van der Waals surface area contributed by atoms with Crippen LogP contribution in [0.15, 0.2) is 36.4 Å². The lowest BCUT2D eigenvalue weighted by molar-refractivity contribution is -0.187. The van der Waals surface area contributed by atoms with Crippen LogP contribution < -0.4 is 9.47 Å². The maximum Gasteiger partial charge on any atom is 0.422 e. The van der Waals surface area contributed by atoms with E-state index < -0.39 is 30.8 Å². The van der Waals surface area contributed by atoms with Gasteiger partial charge in [0, 0.05) is 0 Å². The molecule has 2 aromatic carbocycles. The summed E-state index contributed by atoms with van der Waals surface area (Å²) in [6, 6.07) is 9.91. The van der Waals surface area contributed by atoms with Crippen molar-refractivity contribution >= 4 is 22.7 Å². The second-order valence-corrected chi connectivity index (χ2v) is 6.86. The number of carbonyl (C=O) groups excluding carboxylic acids is 2. The number of ether oxygens (including phenoxy) is 3. The molecule has 0 aromatic heterocycles. The summed E-state index contributed by atoms with van der Waals surface area (Å²) in [4.78, 5) is 23.4. The van der Waals surface area contributed by atoms with Crippen molar-refractivity contribution in [2.75, 3.05) is 13.2 Å². The first-order valence-electron chi connectivity index (χ1n) is 8.61. The average molecular weight is 398 g/mol. The van der Waals surface area contributed by atoms with Crippen molar-refractivity contribution in [3.8, 4) is 11.5 Å². The van der Waals surface area contributed by atoms with Crippen LogP contribution in [0.2, 0.25) is 0 Å². The molecule has 2 rings (SSSR count). The molecule has 0 amide bonds. The quantitative estimate of drug-likeness (QED) is 0.501. The second kappa shape index (κ2) is 8.50. The first-order valence-corrected chi connectivity index (χ1v) is 8.61. The standard InChI is InChI=1S/C20H21F3O5/c1-4-19(2,3)18(25)28-16-8-6-13-9-15(7-5-14(13)10-16)26-11-17(24)27-12-20(21,22)23/h5-10H,4,11-12H2,1-3H3. The smallest absolute Gasteiger partial charge is 0.422 e. The van der Waals surface area contributed by atoms with Crippen molar-refractivity contribution in [2.45, 2.75) is 33.4 Å². The van der Waals surface area contributed by atoms with E-state index in [0.29, 0.717) is 17.9 Å². The van der Waals surface area contributed by atoms with Crippen LogP contribution in [0, 0.1) is 5.41 Å². The van der Waals surface area contributed by atoms with E-state index in [1.165, 1.54) is 0 Å². The van der Waals surface area contributed by atoms with Crippen LogP contribution in [0.5, 0.6) is 11.5 Å². The van der Waals surface area contributed by atoms with Crippen LogP contribution >= 0.6 is 0 Å². The lowest BCUT2D eigenvalue weighted by atomic mass is 9.91. The molecular weight excluding hydrogens is 377 g/mol. The van der Waals surface area contributed by atoms with E-state index >= 15 is 0 Å². The van der Waals surface area contributed by atoms with Crippen molar-refractivity contribution in [3.63, 3.8) is 0 Å². The summed E-state index contributed by atoms with van der Waals surface area (Å²) in [5.74, 6) is -0.735. The van der Waals surface area contributed by atoms with E-state index in [-0.39, 0.29) is 5.97 Å². The fraction of sp³-hybridized carbons (Fsp3) is 0.400. The zero-order chi connectivity index (χ0) is 20.9. The lowest BCUT2D eigenvalue weighted by Gasteiger charge is -2.20. The molecule has 0 unspecified atom stereocenters. The van der Waals surface area contributed by atoms with Crippen LogP contribution in [0.1, 0.15) is 27.2 Å². The molecular formula is C20H21F3O5. The van der Waals surface area contributed by atoms with Crippen molar-refractivity contribution < 1.29 is 37.0 Å². The van der Waals surface area contributed by atoms with Gasteiger partial charge in [-0.1, -0.05) is 19.1 Å². The molecule has 28 heavy (non-hydrogen) atoms. The Kier molecular flexibility index (Phi) is 6.53. The topological polar surface area (TPSA) is 61.8 Å². The fourth-order valence-corrected chi connectivity index (χ4v) is 2.09. The van der Waals surface area contributed by atoms with Gasteiger partial charge in [0.2, 0.25) is 0 Å².